The maximum atomic E-state index is 12.5. The number of alkyl halides is 3. The summed E-state index contributed by atoms with van der Waals surface area (Å²) in [5, 5.41) is 0. The number of carbonyl (C=O) groups is 1. The molecule has 22 heavy (non-hydrogen) atoms. The summed E-state index contributed by atoms with van der Waals surface area (Å²) in [5.74, 6) is -0.0553. The first-order valence-corrected chi connectivity index (χ1v) is 6.75. The van der Waals surface area contributed by atoms with Crippen LogP contribution < -0.4 is 0 Å². The van der Waals surface area contributed by atoms with Gasteiger partial charge in [0.2, 0.25) is 5.91 Å². The molecule has 2 aromatic heterocycles. The first-order valence-electron chi connectivity index (χ1n) is 6.75. The third-order valence-electron chi connectivity index (χ3n) is 3.54. The van der Waals surface area contributed by atoms with Crippen molar-refractivity contribution >= 4 is 5.91 Å². The van der Waals surface area contributed by atoms with Crippen molar-refractivity contribution in [1.82, 2.24) is 19.4 Å². The molecule has 0 N–H and O–H groups in total. The molecule has 0 saturated carbocycles. The molecule has 0 radical (unpaired) electrons. The van der Waals surface area contributed by atoms with Gasteiger partial charge in [-0.15, -0.1) is 0 Å². The first-order chi connectivity index (χ1) is 10.5. The van der Waals surface area contributed by atoms with Gasteiger partial charge in [-0.05, 0) is 18.6 Å². The molecule has 1 unspecified atom stereocenters. The smallest absolute Gasteiger partial charge is 0.332 e. The van der Waals surface area contributed by atoms with E-state index in [2.05, 4.69) is 9.97 Å². The summed E-state index contributed by atoms with van der Waals surface area (Å²) in [6.45, 7) is -1.13. The van der Waals surface area contributed by atoms with Crippen molar-refractivity contribution in [2.75, 3.05) is 13.1 Å². The van der Waals surface area contributed by atoms with E-state index in [1.54, 1.807) is 35.2 Å². The van der Waals surface area contributed by atoms with Gasteiger partial charge in [0, 0.05) is 25.1 Å². The number of hydrogen-bond acceptors (Lipinski definition) is 3. The molecule has 0 bridgehead atoms. The Labute approximate surface area is 124 Å². The van der Waals surface area contributed by atoms with E-state index in [4.69, 9.17) is 0 Å². The molecule has 0 aromatic carbocycles. The quantitative estimate of drug-likeness (QED) is 0.874. The number of amides is 1. The Kier molecular flexibility index (Phi) is 3.59. The Balaban J connectivity index is 1.85. The lowest BCUT2D eigenvalue weighted by Gasteiger charge is -2.19. The van der Waals surface area contributed by atoms with Gasteiger partial charge < -0.3 is 9.47 Å². The Morgan fingerprint density at radius 2 is 2.05 bits per heavy atom. The minimum atomic E-state index is -4.39. The number of carbonyl (C=O) groups excluding carboxylic acids is 1. The van der Waals surface area contributed by atoms with E-state index in [0.717, 1.165) is 4.90 Å². The third kappa shape index (κ3) is 2.81. The Bertz CT molecular complexity index is 668. The van der Waals surface area contributed by atoms with Gasteiger partial charge in [-0.1, -0.05) is 6.07 Å². The zero-order valence-corrected chi connectivity index (χ0v) is 11.5. The van der Waals surface area contributed by atoms with Crippen molar-refractivity contribution in [2.24, 2.45) is 0 Å². The minimum absolute atomic E-state index is 0.0862. The second kappa shape index (κ2) is 5.43. The zero-order chi connectivity index (χ0) is 15.7. The van der Waals surface area contributed by atoms with Gasteiger partial charge in [-0.2, -0.15) is 13.2 Å². The highest BCUT2D eigenvalue weighted by atomic mass is 19.4. The van der Waals surface area contributed by atoms with Crippen LogP contribution >= 0.6 is 0 Å². The number of imidazole rings is 1. The van der Waals surface area contributed by atoms with Crippen molar-refractivity contribution in [2.45, 2.75) is 18.6 Å². The van der Waals surface area contributed by atoms with Crippen molar-refractivity contribution in [1.29, 1.82) is 0 Å². The van der Waals surface area contributed by atoms with E-state index in [0.29, 0.717) is 17.9 Å². The third-order valence-corrected chi connectivity index (χ3v) is 3.54. The molecule has 1 atom stereocenters. The molecular weight excluding hydrogens is 297 g/mol. The van der Waals surface area contributed by atoms with Gasteiger partial charge in [0.05, 0.1) is 0 Å². The Morgan fingerprint density at radius 3 is 2.73 bits per heavy atom. The molecule has 1 fully saturated rings. The lowest BCUT2D eigenvalue weighted by atomic mass is 10.2. The highest BCUT2D eigenvalue weighted by Crippen LogP contribution is 2.29. The summed E-state index contributed by atoms with van der Waals surface area (Å²) in [6, 6.07) is 4.61. The molecule has 116 valence electrons. The van der Waals surface area contributed by atoms with Crippen LogP contribution in [-0.2, 0) is 4.79 Å². The minimum Gasteiger partial charge on any atom is -0.332 e. The summed E-state index contributed by atoms with van der Waals surface area (Å²) in [4.78, 5) is 21.4. The Hall–Kier alpha value is -2.38. The lowest BCUT2D eigenvalue weighted by Crippen LogP contribution is -2.36. The number of halogens is 3. The number of nitrogens with zero attached hydrogens (tertiary/aromatic N) is 4. The highest BCUT2D eigenvalue weighted by Gasteiger charge is 2.40. The van der Waals surface area contributed by atoms with Crippen LogP contribution in [0, 0.1) is 0 Å². The van der Waals surface area contributed by atoms with Crippen LogP contribution in [0.5, 0.6) is 0 Å². The molecule has 3 heterocycles. The summed E-state index contributed by atoms with van der Waals surface area (Å²) in [7, 11) is 0. The normalized spacial score (nSPS) is 19.0. The van der Waals surface area contributed by atoms with Crippen LogP contribution in [0.15, 0.2) is 36.8 Å². The molecule has 1 aliphatic heterocycles. The molecule has 8 heteroatoms. The predicted octanol–water partition coefficient (Wildman–Crippen LogP) is 2.28. The van der Waals surface area contributed by atoms with E-state index in [-0.39, 0.29) is 6.54 Å². The molecule has 5 nitrogen and oxygen atoms in total. The van der Waals surface area contributed by atoms with E-state index >= 15 is 0 Å². The van der Waals surface area contributed by atoms with Gasteiger partial charge in [-0.3, -0.25) is 9.78 Å². The SMILES string of the molecule is O=C1C(n2ccnc2-c2ccccn2)CCN1CC(F)(F)F. The zero-order valence-electron chi connectivity index (χ0n) is 11.5. The standard InChI is InChI=1S/C14H13F3N4O/c15-14(16,17)9-20-7-4-11(13(20)22)21-8-6-19-12(21)10-3-1-2-5-18-10/h1-3,5-6,8,11H,4,7,9H2. The maximum absolute atomic E-state index is 12.5. The van der Waals surface area contributed by atoms with Crippen LogP contribution in [0.2, 0.25) is 0 Å². The molecule has 1 aliphatic rings. The maximum Gasteiger partial charge on any atom is 0.406 e. The fourth-order valence-corrected chi connectivity index (χ4v) is 2.61. The topological polar surface area (TPSA) is 51.0 Å². The van der Waals surface area contributed by atoms with Crippen molar-refractivity contribution in [3.8, 4) is 11.5 Å². The average molecular weight is 310 g/mol. The van der Waals surface area contributed by atoms with E-state index in [9.17, 15) is 18.0 Å². The summed E-state index contributed by atoms with van der Waals surface area (Å²) < 4.78 is 39.0. The average Bonchev–Trinajstić information content (AvgIpc) is 3.06. The second-order valence-electron chi connectivity index (χ2n) is 5.05. The summed E-state index contributed by atoms with van der Waals surface area (Å²) in [6.07, 6.45) is 0.655. The number of aromatic nitrogens is 3. The summed E-state index contributed by atoms with van der Waals surface area (Å²) >= 11 is 0. The van der Waals surface area contributed by atoms with Gasteiger partial charge in [0.1, 0.15) is 18.3 Å². The molecular formula is C14H13F3N4O. The lowest BCUT2D eigenvalue weighted by molar-refractivity contribution is -0.158. The fourth-order valence-electron chi connectivity index (χ4n) is 2.61. The summed E-state index contributed by atoms with van der Waals surface area (Å²) in [5.41, 5.74) is 0.578. The van der Waals surface area contributed by atoms with Crippen molar-refractivity contribution < 1.29 is 18.0 Å². The van der Waals surface area contributed by atoms with Crippen LogP contribution in [0.1, 0.15) is 12.5 Å². The highest BCUT2D eigenvalue weighted by molar-refractivity contribution is 5.83. The number of pyridine rings is 1. The van der Waals surface area contributed by atoms with Crippen molar-refractivity contribution in [3.05, 3.63) is 36.8 Å². The predicted molar refractivity (Wildman–Crippen MR) is 71.7 cm³/mol. The molecule has 0 aliphatic carbocycles. The molecule has 3 rings (SSSR count). The number of likely N-dealkylation sites (tertiary alicyclic amines) is 1. The monoisotopic (exact) mass is 310 g/mol. The van der Waals surface area contributed by atoms with Gasteiger partial charge in [0.25, 0.3) is 0 Å². The molecule has 1 amide bonds. The van der Waals surface area contributed by atoms with Gasteiger partial charge in [0.15, 0.2) is 5.82 Å². The first kappa shape index (κ1) is 14.6. The molecule has 1 saturated heterocycles. The van der Waals surface area contributed by atoms with Gasteiger partial charge in [-0.25, -0.2) is 4.98 Å². The Morgan fingerprint density at radius 1 is 1.23 bits per heavy atom. The number of hydrogen-bond donors (Lipinski definition) is 0. The molecule has 2 aromatic rings. The molecule has 0 spiro atoms. The van der Waals surface area contributed by atoms with Crippen LogP contribution in [-0.4, -0.2) is 44.6 Å². The van der Waals surface area contributed by atoms with E-state index < -0.39 is 24.7 Å². The van der Waals surface area contributed by atoms with Crippen LogP contribution in [0.4, 0.5) is 13.2 Å². The number of rotatable bonds is 3. The fraction of sp³-hybridized carbons (Fsp3) is 0.357. The van der Waals surface area contributed by atoms with E-state index in [1.807, 2.05) is 0 Å². The van der Waals surface area contributed by atoms with Crippen molar-refractivity contribution in [3.63, 3.8) is 0 Å². The van der Waals surface area contributed by atoms with Crippen LogP contribution in [0.3, 0.4) is 0 Å². The van der Waals surface area contributed by atoms with Crippen LogP contribution in [0.25, 0.3) is 11.5 Å². The van der Waals surface area contributed by atoms with Gasteiger partial charge >= 0.3 is 6.18 Å². The van der Waals surface area contributed by atoms with E-state index in [1.165, 1.54) is 6.20 Å². The largest absolute Gasteiger partial charge is 0.406 e. The second-order valence-corrected chi connectivity index (χ2v) is 5.05.